The molecule has 0 bridgehead atoms. The molecule has 2 atom stereocenters. The van der Waals surface area contributed by atoms with Crippen LogP contribution in [-0.2, 0) is 4.79 Å². The average Bonchev–Trinajstić information content (AvgIpc) is 3.01. The van der Waals surface area contributed by atoms with Crippen molar-refractivity contribution >= 4 is 11.6 Å². The van der Waals surface area contributed by atoms with Crippen molar-refractivity contribution in [3.8, 4) is 5.75 Å². The lowest BCUT2D eigenvalue weighted by Crippen LogP contribution is -2.60. The molecule has 0 unspecified atom stereocenters. The van der Waals surface area contributed by atoms with Gasteiger partial charge < -0.3 is 21.1 Å². The van der Waals surface area contributed by atoms with Gasteiger partial charge in [0, 0.05) is 17.8 Å². The molecule has 1 aromatic rings. The van der Waals surface area contributed by atoms with Gasteiger partial charge in [0.1, 0.15) is 11.3 Å². The normalized spacial score (nSPS) is 26.1. The lowest BCUT2D eigenvalue weighted by atomic mass is 9.85. The molecule has 5 heteroatoms. The summed E-state index contributed by atoms with van der Waals surface area (Å²) in [6.45, 7) is 0. The lowest BCUT2D eigenvalue weighted by molar-refractivity contribution is -0.126. The van der Waals surface area contributed by atoms with Crippen LogP contribution in [0.4, 0.5) is 5.69 Å². The van der Waals surface area contributed by atoms with E-state index in [1.54, 1.807) is 7.11 Å². The first-order valence-electron chi connectivity index (χ1n) is 8.12. The Hall–Kier alpha value is -1.75. The SMILES string of the molecule is COc1ccc(NC2(C(=O)N[C@H]3CC[C@H]3N)CCCC2)cc1. The van der Waals surface area contributed by atoms with Crippen LogP contribution >= 0.6 is 0 Å². The first-order valence-corrected chi connectivity index (χ1v) is 8.12. The van der Waals surface area contributed by atoms with Gasteiger partial charge in [0.2, 0.25) is 5.91 Å². The average molecular weight is 303 g/mol. The summed E-state index contributed by atoms with van der Waals surface area (Å²) in [5.74, 6) is 0.914. The van der Waals surface area contributed by atoms with E-state index in [-0.39, 0.29) is 18.0 Å². The van der Waals surface area contributed by atoms with Gasteiger partial charge in [-0.05, 0) is 49.9 Å². The fraction of sp³-hybridized carbons (Fsp3) is 0.588. The number of rotatable bonds is 5. The zero-order valence-corrected chi connectivity index (χ0v) is 13.1. The second-order valence-electron chi connectivity index (χ2n) is 6.46. The summed E-state index contributed by atoms with van der Waals surface area (Å²) in [5.41, 5.74) is 6.41. The third-order valence-electron chi connectivity index (χ3n) is 5.01. The monoisotopic (exact) mass is 303 g/mol. The first-order chi connectivity index (χ1) is 10.6. The molecule has 0 aliphatic heterocycles. The Bertz CT molecular complexity index is 523. The summed E-state index contributed by atoms with van der Waals surface area (Å²) in [7, 11) is 1.65. The van der Waals surface area contributed by atoms with Crippen LogP contribution < -0.4 is 21.1 Å². The van der Waals surface area contributed by atoms with E-state index in [9.17, 15) is 4.79 Å². The molecular weight excluding hydrogens is 278 g/mol. The molecule has 2 saturated carbocycles. The molecule has 2 aliphatic carbocycles. The summed E-state index contributed by atoms with van der Waals surface area (Å²) < 4.78 is 5.18. The number of carbonyl (C=O) groups is 1. The van der Waals surface area contributed by atoms with Gasteiger partial charge >= 0.3 is 0 Å². The predicted octanol–water partition coefficient (Wildman–Crippen LogP) is 2.03. The predicted molar refractivity (Wildman–Crippen MR) is 87.0 cm³/mol. The molecular formula is C17H25N3O2. The molecule has 0 heterocycles. The number of methoxy groups -OCH3 is 1. The maximum absolute atomic E-state index is 12.8. The van der Waals surface area contributed by atoms with Crippen molar-refractivity contribution in [2.24, 2.45) is 5.73 Å². The van der Waals surface area contributed by atoms with Crippen molar-refractivity contribution < 1.29 is 9.53 Å². The van der Waals surface area contributed by atoms with E-state index in [1.165, 1.54) is 0 Å². The van der Waals surface area contributed by atoms with Crippen LogP contribution in [-0.4, -0.2) is 30.6 Å². The minimum Gasteiger partial charge on any atom is -0.497 e. The standard InChI is InChI=1S/C17H25N3O2/c1-22-13-6-4-12(5-7-13)20-17(10-2-3-11-17)16(21)19-15-9-8-14(15)18/h4-7,14-15,20H,2-3,8-11,18H2,1H3,(H,19,21)/t14-,15+/m1/s1. The zero-order chi connectivity index (χ0) is 15.6. The van der Waals surface area contributed by atoms with Crippen molar-refractivity contribution in [1.82, 2.24) is 5.32 Å². The molecule has 22 heavy (non-hydrogen) atoms. The van der Waals surface area contributed by atoms with Gasteiger partial charge in [0.25, 0.3) is 0 Å². The Morgan fingerprint density at radius 2 is 1.91 bits per heavy atom. The fourth-order valence-electron chi connectivity index (χ4n) is 3.35. The highest BCUT2D eigenvalue weighted by Gasteiger charge is 2.43. The maximum Gasteiger partial charge on any atom is 0.245 e. The topological polar surface area (TPSA) is 76.4 Å². The largest absolute Gasteiger partial charge is 0.497 e. The molecule has 0 saturated heterocycles. The Balaban J connectivity index is 1.71. The maximum atomic E-state index is 12.8. The number of nitrogens with one attached hydrogen (secondary N) is 2. The Labute approximate surface area is 131 Å². The number of carbonyl (C=O) groups excluding carboxylic acids is 1. The van der Waals surface area contributed by atoms with Gasteiger partial charge in [0.15, 0.2) is 0 Å². The Morgan fingerprint density at radius 1 is 1.23 bits per heavy atom. The zero-order valence-electron chi connectivity index (χ0n) is 13.1. The van der Waals surface area contributed by atoms with Gasteiger partial charge in [-0.25, -0.2) is 0 Å². The van der Waals surface area contributed by atoms with E-state index in [1.807, 2.05) is 24.3 Å². The number of ether oxygens (including phenoxy) is 1. The molecule has 0 radical (unpaired) electrons. The van der Waals surface area contributed by atoms with E-state index in [2.05, 4.69) is 10.6 Å². The summed E-state index contributed by atoms with van der Waals surface area (Å²) in [5, 5.41) is 6.61. The second-order valence-corrected chi connectivity index (χ2v) is 6.46. The number of nitrogens with two attached hydrogens (primary N) is 1. The Morgan fingerprint density at radius 3 is 2.41 bits per heavy atom. The van der Waals surface area contributed by atoms with Crippen LogP contribution in [0.15, 0.2) is 24.3 Å². The van der Waals surface area contributed by atoms with E-state index in [4.69, 9.17) is 10.5 Å². The molecule has 120 valence electrons. The Kier molecular flexibility index (Phi) is 4.25. The summed E-state index contributed by atoms with van der Waals surface area (Å²) in [6, 6.07) is 7.99. The molecule has 2 fully saturated rings. The smallest absolute Gasteiger partial charge is 0.245 e. The fourth-order valence-corrected chi connectivity index (χ4v) is 3.35. The highest BCUT2D eigenvalue weighted by atomic mass is 16.5. The molecule has 0 aromatic heterocycles. The number of benzene rings is 1. The van der Waals surface area contributed by atoms with Crippen molar-refractivity contribution in [1.29, 1.82) is 0 Å². The van der Waals surface area contributed by atoms with Gasteiger partial charge in [-0.3, -0.25) is 4.79 Å². The molecule has 0 spiro atoms. The van der Waals surface area contributed by atoms with Gasteiger partial charge in [-0.1, -0.05) is 12.8 Å². The van der Waals surface area contributed by atoms with Crippen LogP contribution in [0.5, 0.6) is 5.75 Å². The lowest BCUT2D eigenvalue weighted by Gasteiger charge is -2.38. The van der Waals surface area contributed by atoms with Crippen molar-refractivity contribution in [2.75, 3.05) is 12.4 Å². The third-order valence-corrected chi connectivity index (χ3v) is 5.01. The molecule has 5 nitrogen and oxygen atoms in total. The van der Waals surface area contributed by atoms with E-state index in [0.717, 1.165) is 50.0 Å². The van der Waals surface area contributed by atoms with Crippen molar-refractivity contribution in [3.05, 3.63) is 24.3 Å². The van der Waals surface area contributed by atoms with Crippen LogP contribution in [0.1, 0.15) is 38.5 Å². The van der Waals surface area contributed by atoms with Crippen LogP contribution in [0.25, 0.3) is 0 Å². The molecule has 1 amide bonds. The first kappa shape index (κ1) is 15.2. The van der Waals surface area contributed by atoms with Gasteiger partial charge in [-0.2, -0.15) is 0 Å². The minimum atomic E-state index is -0.496. The quantitative estimate of drug-likeness (QED) is 0.778. The van der Waals surface area contributed by atoms with Gasteiger partial charge in [-0.15, -0.1) is 0 Å². The van der Waals surface area contributed by atoms with E-state index < -0.39 is 5.54 Å². The van der Waals surface area contributed by atoms with Crippen LogP contribution in [0.2, 0.25) is 0 Å². The summed E-state index contributed by atoms with van der Waals surface area (Å²) in [6.07, 6.45) is 5.88. The second kappa shape index (κ2) is 6.16. The van der Waals surface area contributed by atoms with E-state index in [0.29, 0.717) is 0 Å². The number of anilines is 1. The van der Waals surface area contributed by atoms with Crippen molar-refractivity contribution in [2.45, 2.75) is 56.1 Å². The summed E-state index contributed by atoms with van der Waals surface area (Å²) >= 11 is 0. The van der Waals surface area contributed by atoms with Crippen LogP contribution in [0, 0.1) is 0 Å². The third kappa shape index (κ3) is 2.90. The minimum absolute atomic E-state index is 0.0981. The molecule has 3 rings (SSSR count). The van der Waals surface area contributed by atoms with E-state index >= 15 is 0 Å². The highest BCUT2D eigenvalue weighted by Crippen LogP contribution is 2.34. The molecule has 2 aliphatic rings. The highest BCUT2D eigenvalue weighted by molar-refractivity contribution is 5.90. The summed E-state index contributed by atoms with van der Waals surface area (Å²) in [4.78, 5) is 12.8. The molecule has 4 N–H and O–H groups in total. The van der Waals surface area contributed by atoms with Gasteiger partial charge in [0.05, 0.1) is 7.11 Å². The van der Waals surface area contributed by atoms with Crippen LogP contribution in [0.3, 0.4) is 0 Å². The number of hydrogen-bond acceptors (Lipinski definition) is 4. The van der Waals surface area contributed by atoms with Crippen molar-refractivity contribution in [3.63, 3.8) is 0 Å². The number of amides is 1. The number of hydrogen-bond donors (Lipinski definition) is 3. The molecule has 1 aromatic carbocycles.